The van der Waals surface area contributed by atoms with Crippen molar-refractivity contribution in [2.75, 3.05) is 6.54 Å². The van der Waals surface area contributed by atoms with E-state index in [1.165, 1.54) is 11.1 Å². The van der Waals surface area contributed by atoms with E-state index in [4.69, 9.17) is 0 Å². The molecule has 1 aliphatic rings. The molecule has 1 heteroatoms. The highest BCUT2D eigenvalue weighted by molar-refractivity contribution is 5.26. The van der Waals surface area contributed by atoms with E-state index >= 15 is 0 Å². The van der Waals surface area contributed by atoms with Gasteiger partial charge in [0.05, 0.1) is 0 Å². The Hall–Kier alpha value is -1.60. The molecule has 1 aromatic carbocycles. The van der Waals surface area contributed by atoms with Gasteiger partial charge in [0, 0.05) is 18.6 Å². The van der Waals surface area contributed by atoms with Crippen LogP contribution in [0.4, 0.5) is 0 Å². The lowest BCUT2D eigenvalue weighted by molar-refractivity contribution is 0.119. The summed E-state index contributed by atoms with van der Waals surface area (Å²) in [7, 11) is 0. The fourth-order valence-corrected chi connectivity index (χ4v) is 3.01. The van der Waals surface area contributed by atoms with Crippen molar-refractivity contribution >= 4 is 0 Å². The number of likely N-dealkylation sites (tertiary alicyclic amines) is 1. The summed E-state index contributed by atoms with van der Waals surface area (Å²) in [6.45, 7) is 15.3. The van der Waals surface area contributed by atoms with Gasteiger partial charge in [-0.25, -0.2) is 0 Å². The molecule has 1 saturated heterocycles. The molecule has 2 rings (SSSR count). The zero-order valence-corrected chi connectivity index (χ0v) is 11.8. The topological polar surface area (TPSA) is 3.24 Å². The number of rotatable bonds is 4. The Balaban J connectivity index is 2.36. The van der Waals surface area contributed by atoms with Crippen LogP contribution in [0.3, 0.4) is 0 Å². The fraction of sp³-hybridized carbons (Fsp3) is 0.333. The first-order valence-electron chi connectivity index (χ1n) is 6.90. The van der Waals surface area contributed by atoms with E-state index in [0.717, 1.165) is 13.0 Å². The minimum Gasteiger partial charge on any atom is -0.285 e. The molecule has 3 atom stereocenters. The van der Waals surface area contributed by atoms with Crippen molar-refractivity contribution in [2.45, 2.75) is 25.4 Å². The summed E-state index contributed by atoms with van der Waals surface area (Å²) >= 11 is 0. The third kappa shape index (κ3) is 2.71. The van der Waals surface area contributed by atoms with Crippen LogP contribution in [0.25, 0.3) is 0 Å². The van der Waals surface area contributed by atoms with Gasteiger partial charge in [-0.1, -0.05) is 61.6 Å². The van der Waals surface area contributed by atoms with Gasteiger partial charge in [0.25, 0.3) is 0 Å². The normalized spacial score (nSPS) is 28.1. The number of piperidine rings is 1. The lowest BCUT2D eigenvalue weighted by atomic mass is 9.81. The second-order valence-corrected chi connectivity index (χ2v) is 5.29. The third-order valence-corrected chi connectivity index (χ3v) is 4.16. The maximum absolute atomic E-state index is 4.26. The van der Waals surface area contributed by atoms with Gasteiger partial charge in [-0.2, -0.15) is 0 Å². The number of hydrogen-bond acceptors (Lipinski definition) is 1. The van der Waals surface area contributed by atoms with Crippen molar-refractivity contribution in [1.82, 2.24) is 4.90 Å². The van der Waals surface area contributed by atoms with E-state index in [-0.39, 0.29) is 0 Å². The summed E-state index contributed by atoms with van der Waals surface area (Å²) in [5.41, 5.74) is 2.67. The second kappa shape index (κ2) is 6.03. The van der Waals surface area contributed by atoms with Crippen LogP contribution in [0.5, 0.6) is 0 Å². The first-order chi connectivity index (χ1) is 9.19. The SMILES string of the molecule is C=CCN1[C@H](c2ccccc2)CC(=C)[C@H](C)[C@@H]1C=C. The van der Waals surface area contributed by atoms with Crippen LogP contribution in [0.2, 0.25) is 0 Å². The summed E-state index contributed by atoms with van der Waals surface area (Å²) in [4.78, 5) is 2.48. The van der Waals surface area contributed by atoms with Gasteiger partial charge in [0.2, 0.25) is 0 Å². The third-order valence-electron chi connectivity index (χ3n) is 4.16. The van der Waals surface area contributed by atoms with Crippen LogP contribution in [0.15, 0.2) is 67.8 Å². The molecule has 0 spiro atoms. The van der Waals surface area contributed by atoms with Gasteiger partial charge in [-0.15, -0.1) is 13.2 Å². The summed E-state index contributed by atoms with van der Waals surface area (Å²) in [5, 5.41) is 0. The average molecular weight is 253 g/mol. The highest BCUT2D eigenvalue weighted by atomic mass is 15.2. The Morgan fingerprint density at radius 3 is 2.53 bits per heavy atom. The molecule has 0 amide bonds. The zero-order valence-electron chi connectivity index (χ0n) is 11.8. The molecule has 100 valence electrons. The van der Waals surface area contributed by atoms with E-state index in [9.17, 15) is 0 Å². The molecule has 1 heterocycles. The largest absolute Gasteiger partial charge is 0.285 e. The fourth-order valence-electron chi connectivity index (χ4n) is 3.01. The minimum absolute atomic E-state index is 0.337. The highest BCUT2D eigenvalue weighted by Gasteiger charge is 2.35. The molecule has 19 heavy (non-hydrogen) atoms. The van der Waals surface area contributed by atoms with Crippen molar-refractivity contribution in [3.8, 4) is 0 Å². The molecule has 1 aliphatic heterocycles. The van der Waals surface area contributed by atoms with Gasteiger partial charge in [-0.3, -0.25) is 4.90 Å². The molecule has 1 nitrogen and oxygen atoms in total. The first-order valence-corrected chi connectivity index (χ1v) is 6.90. The van der Waals surface area contributed by atoms with Crippen molar-refractivity contribution < 1.29 is 0 Å². The van der Waals surface area contributed by atoms with Gasteiger partial charge in [0.15, 0.2) is 0 Å². The summed E-state index contributed by atoms with van der Waals surface area (Å²) < 4.78 is 0. The Kier molecular flexibility index (Phi) is 4.39. The molecule has 0 radical (unpaired) electrons. The number of hydrogen-bond donors (Lipinski definition) is 0. The average Bonchev–Trinajstić information content (AvgIpc) is 2.44. The van der Waals surface area contributed by atoms with E-state index in [0.29, 0.717) is 18.0 Å². The summed E-state index contributed by atoms with van der Waals surface area (Å²) in [6, 6.07) is 11.4. The second-order valence-electron chi connectivity index (χ2n) is 5.29. The predicted molar refractivity (Wildman–Crippen MR) is 83.0 cm³/mol. The van der Waals surface area contributed by atoms with Gasteiger partial charge >= 0.3 is 0 Å². The van der Waals surface area contributed by atoms with Crippen molar-refractivity contribution in [3.05, 3.63) is 73.4 Å². The smallest absolute Gasteiger partial charge is 0.0394 e. The molecular weight excluding hydrogens is 230 g/mol. The van der Waals surface area contributed by atoms with E-state index in [1.807, 2.05) is 6.08 Å². The Bertz CT molecular complexity index is 460. The standard InChI is InChI=1S/C18H23N/c1-5-12-19-17(6-2)15(4)14(3)13-18(19)16-10-8-7-9-11-16/h5-11,15,17-18H,1-3,12-13H2,4H3/t15-,17-,18-/m0/s1. The van der Waals surface area contributed by atoms with E-state index in [2.05, 4.69) is 68.0 Å². The van der Waals surface area contributed by atoms with Crippen molar-refractivity contribution in [3.63, 3.8) is 0 Å². The lowest BCUT2D eigenvalue weighted by Gasteiger charge is -2.45. The molecule has 0 bridgehead atoms. The minimum atomic E-state index is 0.337. The molecule has 0 aromatic heterocycles. The molecule has 0 N–H and O–H groups in total. The van der Waals surface area contributed by atoms with Gasteiger partial charge in [-0.05, 0) is 17.9 Å². The first kappa shape index (κ1) is 13.8. The van der Waals surface area contributed by atoms with E-state index in [1.54, 1.807) is 0 Å². The summed E-state index contributed by atoms with van der Waals surface area (Å²) in [6.07, 6.45) is 5.05. The summed E-state index contributed by atoms with van der Waals surface area (Å²) in [5.74, 6) is 0.456. The highest BCUT2D eigenvalue weighted by Crippen LogP contribution is 2.39. The van der Waals surface area contributed by atoms with Crippen molar-refractivity contribution in [1.29, 1.82) is 0 Å². The maximum atomic E-state index is 4.26. The Morgan fingerprint density at radius 1 is 1.26 bits per heavy atom. The molecular formula is C18H23N. The number of benzene rings is 1. The molecule has 1 aromatic rings. The van der Waals surface area contributed by atoms with Crippen LogP contribution in [-0.2, 0) is 0 Å². The molecule has 0 saturated carbocycles. The van der Waals surface area contributed by atoms with Crippen LogP contribution >= 0.6 is 0 Å². The van der Waals surface area contributed by atoms with Crippen LogP contribution in [0.1, 0.15) is 24.9 Å². The van der Waals surface area contributed by atoms with Gasteiger partial charge in [0.1, 0.15) is 0 Å². The van der Waals surface area contributed by atoms with Gasteiger partial charge < -0.3 is 0 Å². The lowest BCUT2D eigenvalue weighted by Crippen LogP contribution is -2.45. The predicted octanol–water partition coefficient (Wildman–Crippen LogP) is 4.37. The Morgan fingerprint density at radius 2 is 1.95 bits per heavy atom. The molecule has 1 fully saturated rings. The Labute approximate surface area is 116 Å². The van der Waals surface area contributed by atoms with Crippen LogP contribution in [0, 0.1) is 5.92 Å². The quantitative estimate of drug-likeness (QED) is 0.720. The monoisotopic (exact) mass is 253 g/mol. The van der Waals surface area contributed by atoms with E-state index < -0.39 is 0 Å². The zero-order chi connectivity index (χ0) is 13.8. The van der Waals surface area contributed by atoms with Crippen LogP contribution in [-0.4, -0.2) is 17.5 Å². The number of nitrogens with zero attached hydrogens (tertiary/aromatic N) is 1. The molecule has 0 unspecified atom stereocenters. The van der Waals surface area contributed by atoms with Crippen LogP contribution < -0.4 is 0 Å². The molecule has 0 aliphatic carbocycles. The maximum Gasteiger partial charge on any atom is 0.0394 e. The van der Waals surface area contributed by atoms with Crippen molar-refractivity contribution in [2.24, 2.45) is 5.92 Å².